The highest BCUT2D eigenvalue weighted by Gasteiger charge is 2.33. The third-order valence-corrected chi connectivity index (χ3v) is 4.53. The topological polar surface area (TPSA) is 38.8 Å². The monoisotopic (exact) mass is 289 g/mol. The molecule has 2 aliphatic heterocycles. The van der Waals surface area contributed by atoms with E-state index in [9.17, 15) is 4.79 Å². The number of benzene rings is 1. The lowest BCUT2D eigenvalue weighted by molar-refractivity contribution is -0.0969. The van der Waals surface area contributed by atoms with Crippen molar-refractivity contribution in [3.63, 3.8) is 0 Å². The van der Waals surface area contributed by atoms with Crippen molar-refractivity contribution >= 4 is 5.91 Å². The average molecular weight is 289 g/mol. The molecule has 1 amide bonds. The first-order valence-corrected chi connectivity index (χ1v) is 7.75. The Morgan fingerprint density at radius 3 is 2.67 bits per heavy atom. The molecule has 0 spiro atoms. The standard InChI is InChI=1S/C17H23NO3/c1-12-5-6-14(10-13(12)2)16(19)18-7-3-4-15(11-18)17-20-8-9-21-17/h5-6,10,15,17H,3-4,7-9,11H2,1-2H3. The van der Waals surface area contributed by atoms with Crippen LogP contribution < -0.4 is 0 Å². The maximum atomic E-state index is 12.7. The van der Waals surface area contributed by atoms with Crippen LogP contribution in [0, 0.1) is 19.8 Å². The van der Waals surface area contributed by atoms with Crippen molar-refractivity contribution in [2.75, 3.05) is 26.3 Å². The van der Waals surface area contributed by atoms with Crippen LogP contribution in [0.3, 0.4) is 0 Å². The minimum Gasteiger partial charge on any atom is -0.350 e. The molecule has 21 heavy (non-hydrogen) atoms. The predicted octanol–water partition coefficient (Wildman–Crippen LogP) is 2.53. The van der Waals surface area contributed by atoms with E-state index in [1.165, 1.54) is 5.56 Å². The molecule has 4 nitrogen and oxygen atoms in total. The van der Waals surface area contributed by atoms with Gasteiger partial charge in [0.1, 0.15) is 0 Å². The molecule has 0 radical (unpaired) electrons. The van der Waals surface area contributed by atoms with E-state index in [-0.39, 0.29) is 12.2 Å². The lowest BCUT2D eigenvalue weighted by Crippen LogP contribution is -2.43. The summed E-state index contributed by atoms with van der Waals surface area (Å²) in [5.74, 6) is 0.428. The second-order valence-corrected chi connectivity index (χ2v) is 6.06. The summed E-state index contributed by atoms with van der Waals surface area (Å²) in [7, 11) is 0. The molecule has 114 valence electrons. The molecule has 1 atom stereocenters. The van der Waals surface area contributed by atoms with Gasteiger partial charge in [-0.3, -0.25) is 4.79 Å². The molecule has 0 bridgehead atoms. The van der Waals surface area contributed by atoms with E-state index in [0.29, 0.717) is 19.1 Å². The SMILES string of the molecule is Cc1ccc(C(=O)N2CCCC(C3OCCO3)C2)cc1C. The number of carbonyl (C=O) groups excluding carboxylic acids is 1. The van der Waals surface area contributed by atoms with E-state index >= 15 is 0 Å². The largest absolute Gasteiger partial charge is 0.350 e. The summed E-state index contributed by atoms with van der Waals surface area (Å²) < 4.78 is 11.2. The number of likely N-dealkylation sites (tertiary alicyclic amines) is 1. The molecule has 3 rings (SSSR count). The molecular formula is C17H23NO3. The molecular weight excluding hydrogens is 266 g/mol. The number of carbonyl (C=O) groups is 1. The van der Waals surface area contributed by atoms with Crippen molar-refractivity contribution in [1.82, 2.24) is 4.90 Å². The Morgan fingerprint density at radius 1 is 1.19 bits per heavy atom. The van der Waals surface area contributed by atoms with Crippen LogP contribution in [0.25, 0.3) is 0 Å². The molecule has 0 saturated carbocycles. The number of nitrogens with zero attached hydrogens (tertiary/aromatic N) is 1. The predicted molar refractivity (Wildman–Crippen MR) is 80.2 cm³/mol. The van der Waals surface area contributed by atoms with Crippen LogP contribution in [0.15, 0.2) is 18.2 Å². The maximum Gasteiger partial charge on any atom is 0.253 e. The quantitative estimate of drug-likeness (QED) is 0.840. The first-order valence-electron chi connectivity index (χ1n) is 7.75. The van der Waals surface area contributed by atoms with Gasteiger partial charge in [-0.2, -0.15) is 0 Å². The van der Waals surface area contributed by atoms with Crippen molar-refractivity contribution in [2.24, 2.45) is 5.92 Å². The van der Waals surface area contributed by atoms with Gasteiger partial charge in [-0.1, -0.05) is 6.07 Å². The highest BCUT2D eigenvalue weighted by atomic mass is 16.7. The molecule has 1 aromatic carbocycles. The van der Waals surface area contributed by atoms with Gasteiger partial charge < -0.3 is 14.4 Å². The third kappa shape index (κ3) is 3.11. The number of rotatable bonds is 2. The Labute approximate surface area is 126 Å². The summed E-state index contributed by atoms with van der Waals surface area (Å²) in [4.78, 5) is 14.6. The van der Waals surface area contributed by atoms with Crippen LogP contribution in [0.1, 0.15) is 34.3 Å². The van der Waals surface area contributed by atoms with Crippen molar-refractivity contribution in [3.05, 3.63) is 34.9 Å². The molecule has 2 heterocycles. The fourth-order valence-corrected chi connectivity index (χ4v) is 3.12. The second-order valence-electron chi connectivity index (χ2n) is 6.06. The molecule has 2 aliphatic rings. The van der Waals surface area contributed by atoms with Crippen LogP contribution in [-0.2, 0) is 9.47 Å². The van der Waals surface area contributed by atoms with E-state index in [1.807, 2.05) is 30.0 Å². The van der Waals surface area contributed by atoms with Crippen LogP contribution in [0.4, 0.5) is 0 Å². The molecule has 0 N–H and O–H groups in total. The normalized spacial score (nSPS) is 23.5. The fourth-order valence-electron chi connectivity index (χ4n) is 3.12. The van der Waals surface area contributed by atoms with Crippen LogP contribution >= 0.6 is 0 Å². The van der Waals surface area contributed by atoms with Crippen molar-refractivity contribution in [3.8, 4) is 0 Å². The van der Waals surface area contributed by atoms with E-state index in [1.54, 1.807) is 0 Å². The minimum atomic E-state index is -0.125. The van der Waals surface area contributed by atoms with Gasteiger partial charge in [-0.05, 0) is 49.9 Å². The number of amides is 1. The molecule has 4 heteroatoms. The molecule has 0 aliphatic carbocycles. The Bertz CT molecular complexity index is 523. The van der Waals surface area contributed by atoms with Crippen LogP contribution in [-0.4, -0.2) is 43.4 Å². The van der Waals surface area contributed by atoms with Crippen LogP contribution in [0.2, 0.25) is 0 Å². The zero-order chi connectivity index (χ0) is 14.8. The Balaban J connectivity index is 1.70. The van der Waals surface area contributed by atoms with E-state index in [0.717, 1.165) is 37.1 Å². The van der Waals surface area contributed by atoms with Crippen molar-refractivity contribution < 1.29 is 14.3 Å². The summed E-state index contributed by atoms with van der Waals surface area (Å²) in [5, 5.41) is 0. The smallest absolute Gasteiger partial charge is 0.253 e. The van der Waals surface area contributed by atoms with Gasteiger partial charge >= 0.3 is 0 Å². The number of ether oxygens (including phenoxy) is 2. The number of hydrogen-bond acceptors (Lipinski definition) is 3. The van der Waals surface area contributed by atoms with Crippen molar-refractivity contribution in [2.45, 2.75) is 33.0 Å². The molecule has 1 aromatic rings. The van der Waals surface area contributed by atoms with Gasteiger partial charge in [0.15, 0.2) is 6.29 Å². The number of aryl methyl sites for hydroxylation is 2. The molecule has 0 aromatic heterocycles. The van der Waals surface area contributed by atoms with Gasteiger partial charge in [0.05, 0.1) is 13.2 Å². The van der Waals surface area contributed by atoms with E-state index in [2.05, 4.69) is 6.92 Å². The summed E-state index contributed by atoms with van der Waals surface area (Å²) in [5.41, 5.74) is 3.17. The third-order valence-electron chi connectivity index (χ3n) is 4.53. The van der Waals surface area contributed by atoms with Gasteiger partial charge in [-0.25, -0.2) is 0 Å². The first kappa shape index (κ1) is 14.5. The van der Waals surface area contributed by atoms with Gasteiger partial charge in [0.2, 0.25) is 0 Å². The number of piperidine rings is 1. The zero-order valence-electron chi connectivity index (χ0n) is 12.8. The zero-order valence-corrected chi connectivity index (χ0v) is 12.8. The lowest BCUT2D eigenvalue weighted by Gasteiger charge is -2.34. The average Bonchev–Trinajstić information content (AvgIpc) is 3.04. The summed E-state index contributed by atoms with van der Waals surface area (Å²) in [6.45, 7) is 7.02. The molecule has 2 fully saturated rings. The Morgan fingerprint density at radius 2 is 1.95 bits per heavy atom. The summed E-state index contributed by atoms with van der Waals surface area (Å²) in [6.07, 6.45) is 1.96. The van der Waals surface area contributed by atoms with Crippen molar-refractivity contribution in [1.29, 1.82) is 0 Å². The van der Waals surface area contributed by atoms with E-state index < -0.39 is 0 Å². The van der Waals surface area contributed by atoms with Gasteiger partial charge in [0.25, 0.3) is 5.91 Å². The van der Waals surface area contributed by atoms with E-state index in [4.69, 9.17) is 9.47 Å². The summed E-state index contributed by atoms with van der Waals surface area (Å²) in [6, 6.07) is 5.94. The maximum absolute atomic E-state index is 12.7. The summed E-state index contributed by atoms with van der Waals surface area (Å²) >= 11 is 0. The van der Waals surface area contributed by atoms with Crippen LogP contribution in [0.5, 0.6) is 0 Å². The lowest BCUT2D eigenvalue weighted by atomic mass is 9.96. The van der Waals surface area contributed by atoms with Gasteiger partial charge in [0, 0.05) is 24.6 Å². The fraction of sp³-hybridized carbons (Fsp3) is 0.588. The van der Waals surface area contributed by atoms with Gasteiger partial charge in [-0.15, -0.1) is 0 Å². The highest BCUT2D eigenvalue weighted by molar-refractivity contribution is 5.94. The number of hydrogen-bond donors (Lipinski definition) is 0. The molecule has 2 saturated heterocycles. The highest BCUT2D eigenvalue weighted by Crippen LogP contribution is 2.26. The minimum absolute atomic E-state index is 0.125. The molecule has 1 unspecified atom stereocenters. The second kappa shape index (κ2) is 6.16. The first-order chi connectivity index (χ1) is 10.1. The Kier molecular flexibility index (Phi) is 4.27. The Hall–Kier alpha value is -1.39.